The Kier molecular flexibility index (Phi) is 4.73. The van der Waals surface area contributed by atoms with Crippen LogP contribution in [0.4, 0.5) is 0 Å². The summed E-state index contributed by atoms with van der Waals surface area (Å²) >= 11 is 7.25. The first-order valence-electron chi connectivity index (χ1n) is 7.48. The van der Waals surface area contributed by atoms with Crippen molar-refractivity contribution in [2.24, 2.45) is 23.5 Å². The lowest BCUT2D eigenvalue weighted by Crippen LogP contribution is -2.18. The molecule has 2 bridgehead atoms. The largest absolute Gasteiger partial charge is 0.491 e. The summed E-state index contributed by atoms with van der Waals surface area (Å²) in [6.45, 7) is 1.53. The third kappa shape index (κ3) is 3.07. The number of fused-ring (bicyclic) bond motifs is 2. The van der Waals surface area contributed by atoms with Gasteiger partial charge in [0.15, 0.2) is 0 Å². The van der Waals surface area contributed by atoms with Crippen LogP contribution in [0.1, 0.15) is 31.2 Å². The smallest absolute Gasteiger partial charge is 0.147 e. The van der Waals surface area contributed by atoms with E-state index in [2.05, 4.69) is 44.0 Å². The van der Waals surface area contributed by atoms with E-state index < -0.39 is 0 Å². The molecule has 0 saturated heterocycles. The molecule has 0 heterocycles. The molecule has 2 saturated carbocycles. The Morgan fingerprint density at radius 3 is 2.45 bits per heavy atom. The molecule has 1 aromatic carbocycles. The molecule has 2 nitrogen and oxygen atoms in total. The number of halogens is 2. The second-order valence-electron chi connectivity index (χ2n) is 6.17. The molecule has 4 heteroatoms. The van der Waals surface area contributed by atoms with E-state index in [1.54, 1.807) is 0 Å². The summed E-state index contributed by atoms with van der Waals surface area (Å²) in [5.41, 5.74) is 6.85. The van der Waals surface area contributed by atoms with E-state index in [4.69, 9.17) is 10.5 Å². The SMILES string of the molecule is NCCc1cc(Br)c(OCC2CC3CCC2C3)c(Br)c1. The zero-order valence-electron chi connectivity index (χ0n) is 11.6. The molecule has 1 aromatic rings. The van der Waals surface area contributed by atoms with Crippen molar-refractivity contribution in [1.82, 2.24) is 0 Å². The van der Waals surface area contributed by atoms with Crippen LogP contribution in [0, 0.1) is 17.8 Å². The average Bonchev–Trinajstić information content (AvgIpc) is 3.00. The lowest BCUT2D eigenvalue weighted by molar-refractivity contribution is 0.193. The molecule has 2 fully saturated rings. The van der Waals surface area contributed by atoms with E-state index >= 15 is 0 Å². The Bertz CT molecular complexity index is 468. The van der Waals surface area contributed by atoms with Crippen LogP contribution < -0.4 is 10.5 Å². The minimum Gasteiger partial charge on any atom is -0.491 e. The molecule has 3 atom stereocenters. The van der Waals surface area contributed by atoms with Gasteiger partial charge in [-0.2, -0.15) is 0 Å². The molecule has 0 amide bonds. The number of hydrogen-bond donors (Lipinski definition) is 1. The van der Waals surface area contributed by atoms with Gasteiger partial charge in [0.2, 0.25) is 0 Å². The van der Waals surface area contributed by atoms with Crippen molar-refractivity contribution in [3.05, 3.63) is 26.6 Å². The van der Waals surface area contributed by atoms with E-state index in [1.165, 1.54) is 31.2 Å². The maximum Gasteiger partial charge on any atom is 0.147 e. The van der Waals surface area contributed by atoms with Crippen LogP contribution in [-0.2, 0) is 6.42 Å². The Labute approximate surface area is 137 Å². The van der Waals surface area contributed by atoms with E-state index in [-0.39, 0.29) is 0 Å². The van der Waals surface area contributed by atoms with Crippen LogP contribution in [0.3, 0.4) is 0 Å². The van der Waals surface area contributed by atoms with Gasteiger partial charge in [0.25, 0.3) is 0 Å². The lowest BCUT2D eigenvalue weighted by Gasteiger charge is -2.22. The summed E-state index contributed by atoms with van der Waals surface area (Å²) < 4.78 is 8.17. The second-order valence-corrected chi connectivity index (χ2v) is 7.88. The van der Waals surface area contributed by atoms with Gasteiger partial charge in [0, 0.05) is 0 Å². The van der Waals surface area contributed by atoms with Crippen LogP contribution >= 0.6 is 31.9 Å². The molecule has 2 aliphatic rings. The van der Waals surface area contributed by atoms with Gasteiger partial charge in [-0.3, -0.25) is 0 Å². The monoisotopic (exact) mass is 401 g/mol. The molecule has 0 spiro atoms. The van der Waals surface area contributed by atoms with Gasteiger partial charge in [-0.1, -0.05) is 6.42 Å². The molecule has 20 heavy (non-hydrogen) atoms. The third-order valence-corrected chi connectivity index (χ3v) is 6.00. The van der Waals surface area contributed by atoms with E-state index in [0.717, 1.165) is 45.5 Å². The van der Waals surface area contributed by atoms with Crippen molar-refractivity contribution in [1.29, 1.82) is 0 Å². The molecule has 3 unspecified atom stereocenters. The van der Waals surface area contributed by atoms with Gasteiger partial charge < -0.3 is 10.5 Å². The fraction of sp³-hybridized carbons (Fsp3) is 0.625. The normalized spacial score (nSPS) is 28.1. The fourth-order valence-corrected chi connectivity index (χ4v) is 5.34. The molecular weight excluding hydrogens is 382 g/mol. The number of rotatable bonds is 5. The van der Waals surface area contributed by atoms with Crippen LogP contribution in [0.5, 0.6) is 5.75 Å². The Balaban J connectivity index is 1.65. The van der Waals surface area contributed by atoms with Gasteiger partial charge in [-0.15, -0.1) is 0 Å². The fourth-order valence-electron chi connectivity index (χ4n) is 3.83. The van der Waals surface area contributed by atoms with E-state index in [0.29, 0.717) is 6.54 Å². The van der Waals surface area contributed by atoms with Gasteiger partial charge in [0.1, 0.15) is 5.75 Å². The van der Waals surface area contributed by atoms with Crippen LogP contribution in [-0.4, -0.2) is 13.2 Å². The van der Waals surface area contributed by atoms with Gasteiger partial charge in [-0.25, -0.2) is 0 Å². The summed E-state index contributed by atoms with van der Waals surface area (Å²) in [6.07, 6.45) is 6.56. The number of nitrogens with two attached hydrogens (primary N) is 1. The predicted octanol–water partition coefficient (Wildman–Crippen LogP) is 4.53. The van der Waals surface area contributed by atoms with Crippen molar-refractivity contribution >= 4 is 31.9 Å². The number of hydrogen-bond acceptors (Lipinski definition) is 2. The topological polar surface area (TPSA) is 35.2 Å². The Hall–Kier alpha value is -0.0600. The summed E-state index contributed by atoms with van der Waals surface area (Å²) in [5.74, 6) is 3.59. The quantitative estimate of drug-likeness (QED) is 0.785. The first-order valence-corrected chi connectivity index (χ1v) is 9.06. The molecule has 0 aromatic heterocycles. The van der Waals surface area contributed by atoms with Gasteiger partial charge >= 0.3 is 0 Å². The van der Waals surface area contributed by atoms with E-state index in [1.807, 2.05) is 0 Å². The first kappa shape index (κ1) is 14.9. The third-order valence-electron chi connectivity index (χ3n) is 4.82. The zero-order chi connectivity index (χ0) is 14.1. The molecular formula is C16H21Br2NO. The van der Waals surface area contributed by atoms with Crippen molar-refractivity contribution in [3.8, 4) is 5.75 Å². The van der Waals surface area contributed by atoms with Crippen molar-refractivity contribution in [3.63, 3.8) is 0 Å². The highest BCUT2D eigenvalue weighted by atomic mass is 79.9. The zero-order valence-corrected chi connectivity index (χ0v) is 14.8. The van der Waals surface area contributed by atoms with Crippen molar-refractivity contribution in [2.45, 2.75) is 32.1 Å². The second kappa shape index (κ2) is 6.37. The molecule has 2 aliphatic carbocycles. The maximum absolute atomic E-state index is 6.11. The molecule has 110 valence electrons. The van der Waals surface area contributed by atoms with Crippen LogP contribution in [0.15, 0.2) is 21.1 Å². The summed E-state index contributed by atoms with van der Waals surface area (Å²) in [6, 6.07) is 4.24. The lowest BCUT2D eigenvalue weighted by atomic mass is 9.89. The van der Waals surface area contributed by atoms with Crippen molar-refractivity contribution in [2.75, 3.05) is 13.2 Å². The maximum atomic E-state index is 6.11. The first-order chi connectivity index (χ1) is 9.67. The minimum absolute atomic E-state index is 0.671. The van der Waals surface area contributed by atoms with Crippen LogP contribution in [0.2, 0.25) is 0 Å². The molecule has 0 aliphatic heterocycles. The standard InChI is InChI=1S/C16H21Br2NO/c17-14-7-11(3-4-19)8-15(18)16(14)20-9-13-6-10-1-2-12(13)5-10/h7-8,10,12-13H,1-6,9,19H2. The summed E-state index contributed by atoms with van der Waals surface area (Å²) in [7, 11) is 0. The molecule has 2 N–H and O–H groups in total. The molecule has 0 radical (unpaired) electrons. The average molecular weight is 403 g/mol. The van der Waals surface area contributed by atoms with E-state index in [9.17, 15) is 0 Å². The van der Waals surface area contributed by atoms with Gasteiger partial charge in [0.05, 0.1) is 15.6 Å². The summed E-state index contributed by atoms with van der Waals surface area (Å²) in [4.78, 5) is 0. The highest BCUT2D eigenvalue weighted by Gasteiger charge is 2.39. The number of benzene rings is 1. The molecule has 3 rings (SSSR count). The Morgan fingerprint density at radius 1 is 1.15 bits per heavy atom. The number of ether oxygens (including phenoxy) is 1. The minimum atomic E-state index is 0.671. The van der Waals surface area contributed by atoms with Crippen LogP contribution in [0.25, 0.3) is 0 Å². The Morgan fingerprint density at radius 2 is 1.90 bits per heavy atom. The summed E-state index contributed by atoms with van der Waals surface area (Å²) in [5, 5.41) is 0. The predicted molar refractivity (Wildman–Crippen MR) is 89.0 cm³/mol. The highest BCUT2D eigenvalue weighted by Crippen LogP contribution is 2.48. The van der Waals surface area contributed by atoms with Crippen molar-refractivity contribution < 1.29 is 4.74 Å². The highest BCUT2D eigenvalue weighted by molar-refractivity contribution is 9.11. The van der Waals surface area contributed by atoms with Gasteiger partial charge in [-0.05, 0) is 99.5 Å².